The Morgan fingerprint density at radius 2 is 1.59 bits per heavy atom. The molecular weight excluding hydrogens is 437 g/mol. The maximum Gasteiger partial charge on any atom is 1.00 e. The Morgan fingerprint density at radius 1 is 1.15 bits per heavy atom. The van der Waals surface area contributed by atoms with Gasteiger partial charge in [0.2, 0.25) is 0 Å². The first-order chi connectivity index (χ1) is 10.5. The van der Waals surface area contributed by atoms with Gasteiger partial charge in [0.05, 0.1) is 6.54 Å². The Bertz CT molecular complexity index is 632. The molecule has 2 unspecified atom stereocenters. The van der Waals surface area contributed by atoms with E-state index in [0.29, 0.717) is 5.17 Å². The number of nitrogens with one attached hydrogen (secondary N) is 2. The molecule has 0 saturated carbocycles. The van der Waals surface area contributed by atoms with E-state index in [1.807, 2.05) is 6.07 Å². The molecule has 0 fully saturated rings. The molecule has 27 heavy (non-hydrogen) atoms. The molecule has 12 nitrogen and oxygen atoms in total. The smallest absolute Gasteiger partial charge is 0.776 e. The molecule has 0 aromatic heterocycles. The van der Waals surface area contributed by atoms with Crippen LogP contribution in [-0.2, 0) is 9.13 Å². The van der Waals surface area contributed by atoms with Gasteiger partial charge in [-0.05, 0) is 30.2 Å². The number of hydrogen-bond donors (Lipinski definition) is 5. The molecule has 1 aromatic rings. The number of hydrogen-bond acceptors (Lipinski definition) is 6. The van der Waals surface area contributed by atoms with E-state index in [1.54, 1.807) is 30.5 Å². The van der Waals surface area contributed by atoms with Crippen LogP contribution in [0.3, 0.4) is 0 Å². The minimum absolute atomic E-state index is 0. The molecule has 0 amide bonds. The van der Waals surface area contributed by atoms with Gasteiger partial charge in [0.25, 0.3) is 0 Å². The summed E-state index contributed by atoms with van der Waals surface area (Å²) >= 11 is 1.22. The molecule has 1 aromatic carbocycles. The Kier molecular flexibility index (Phi) is 18.2. The third kappa shape index (κ3) is 9.97. The van der Waals surface area contributed by atoms with Crippen molar-refractivity contribution in [3.05, 3.63) is 30.3 Å². The zero-order chi connectivity index (χ0) is 17.7. The monoisotopic (exact) mass is 460 g/mol. The van der Waals surface area contributed by atoms with E-state index in [4.69, 9.17) is 9.79 Å². The standard InChI is InChI=1S/C11H18N2O7P2S.Na.3H2O/c1-23-10(13-9-5-3-2-4-6-9)12-8-7-11(14,21(15,16)17)22(18,19)20;;;;/h2-6,14H,7-8H2,1H3,(H,12,13)(H2,15,16,17)(H2,18,19,20);;3*1H2/q;+1;;;/p-1. The van der Waals surface area contributed by atoms with Crippen LogP contribution in [0.5, 0.6) is 0 Å². The van der Waals surface area contributed by atoms with Gasteiger partial charge in [0.15, 0.2) is 20.3 Å². The fourth-order valence-electron chi connectivity index (χ4n) is 1.61. The van der Waals surface area contributed by atoms with Crippen LogP contribution in [0.15, 0.2) is 30.3 Å². The molecule has 154 valence electrons. The van der Waals surface area contributed by atoms with Gasteiger partial charge < -0.3 is 50.2 Å². The Labute approximate surface area is 182 Å². The van der Waals surface area contributed by atoms with Gasteiger partial charge in [-0.3, -0.25) is 4.99 Å². The number of anilines is 1. The molecule has 0 aliphatic heterocycles. The van der Waals surface area contributed by atoms with Crippen LogP contribution >= 0.6 is 27.0 Å². The van der Waals surface area contributed by atoms with Crippen molar-refractivity contribution in [1.29, 1.82) is 0 Å². The summed E-state index contributed by atoms with van der Waals surface area (Å²) in [5.74, 6) is 0. The fraction of sp³-hybridized carbons (Fsp3) is 0.364. The van der Waals surface area contributed by atoms with E-state index in [2.05, 4.69) is 10.3 Å². The van der Waals surface area contributed by atoms with Crippen molar-refractivity contribution in [3.8, 4) is 0 Å². The minimum atomic E-state index is -5.74. The van der Waals surface area contributed by atoms with Gasteiger partial charge in [-0.2, -0.15) is 0 Å². The molecule has 1 rings (SSSR count). The van der Waals surface area contributed by atoms with Crippen molar-refractivity contribution in [3.63, 3.8) is 0 Å². The van der Waals surface area contributed by atoms with Crippen LogP contribution in [0, 0.1) is 0 Å². The predicted octanol–water partition coefficient (Wildman–Crippen LogP) is -7.44. The van der Waals surface area contributed by atoms with Crippen LogP contribution in [0.2, 0.25) is 0 Å². The first-order valence-corrected chi connectivity index (χ1v) is 10.7. The molecule has 0 heterocycles. The summed E-state index contributed by atoms with van der Waals surface area (Å²) in [6.07, 6.45) is 0.752. The predicted molar refractivity (Wildman–Crippen MR) is 94.5 cm³/mol. The van der Waals surface area contributed by atoms with E-state index in [9.17, 15) is 24.0 Å². The summed E-state index contributed by atoms with van der Waals surface area (Å²) in [7, 11) is -11.5. The number of para-hydroxylation sites is 1. The van der Waals surface area contributed by atoms with Crippen LogP contribution in [-0.4, -0.2) is 54.4 Å². The largest absolute Gasteiger partial charge is 1.00 e. The Hall–Kier alpha value is 0.180. The summed E-state index contributed by atoms with van der Waals surface area (Å²) in [5.41, 5.74) is 0.730. The average Bonchev–Trinajstić information content (AvgIpc) is 2.44. The zero-order valence-electron chi connectivity index (χ0n) is 14.6. The third-order valence-electron chi connectivity index (χ3n) is 2.89. The Morgan fingerprint density at radius 3 is 1.96 bits per heavy atom. The van der Waals surface area contributed by atoms with Gasteiger partial charge in [-0.25, -0.2) is 5.32 Å². The summed E-state index contributed by atoms with van der Waals surface area (Å²) in [4.78, 5) is 42.6. The molecule has 0 bridgehead atoms. The maximum atomic E-state index is 11.1. The first kappa shape index (κ1) is 34.7. The summed E-state index contributed by atoms with van der Waals surface area (Å²) in [6.45, 7) is -0.341. The van der Waals surface area contributed by atoms with Gasteiger partial charge in [0, 0.05) is 6.42 Å². The van der Waals surface area contributed by atoms with E-state index < -0.39 is 26.7 Å². The molecule has 11 N–H and O–H groups in total. The number of amidine groups is 1. The molecule has 0 radical (unpaired) electrons. The van der Waals surface area contributed by atoms with Crippen molar-refractivity contribution in [2.24, 2.45) is 0 Å². The van der Waals surface area contributed by atoms with Gasteiger partial charge in [-0.15, -0.1) is 0 Å². The molecular formula is C11H23N2NaO10P2S. The van der Waals surface area contributed by atoms with Crippen molar-refractivity contribution < 1.29 is 84.8 Å². The molecule has 0 aliphatic carbocycles. The quantitative estimate of drug-likeness (QED) is 0.117. The topological polar surface area (TPSA) is 261 Å². The number of benzene rings is 1. The summed E-state index contributed by atoms with van der Waals surface area (Å²) in [5, 5.41) is 9.41. The molecule has 0 saturated heterocycles. The number of aliphatic hydroxyl groups is 1. The van der Waals surface area contributed by atoms with E-state index in [1.165, 1.54) is 11.8 Å². The molecule has 0 spiro atoms. The fourth-order valence-corrected chi connectivity index (χ4v) is 4.14. The normalized spacial score (nSPS) is 17.2. The van der Waals surface area contributed by atoms with Crippen molar-refractivity contribution in [2.75, 3.05) is 18.1 Å². The van der Waals surface area contributed by atoms with Gasteiger partial charge >= 0.3 is 34.7 Å². The second-order valence-corrected chi connectivity index (χ2v) is 9.25. The van der Waals surface area contributed by atoms with Crippen molar-refractivity contribution in [2.45, 2.75) is 11.5 Å². The second kappa shape index (κ2) is 14.2. The van der Waals surface area contributed by atoms with E-state index >= 15 is 0 Å². The van der Waals surface area contributed by atoms with Crippen LogP contribution < -0.4 is 49.7 Å². The number of thioether (sulfide) groups is 1. The van der Waals surface area contributed by atoms with Crippen LogP contribution in [0.4, 0.5) is 5.69 Å². The molecule has 2 atom stereocenters. The number of rotatable bonds is 6. The van der Waals surface area contributed by atoms with Crippen LogP contribution in [0.25, 0.3) is 0 Å². The van der Waals surface area contributed by atoms with Crippen LogP contribution in [0.1, 0.15) is 6.42 Å². The third-order valence-corrected chi connectivity index (χ3v) is 7.32. The van der Waals surface area contributed by atoms with E-state index in [-0.39, 0.29) is 52.5 Å². The van der Waals surface area contributed by atoms with Gasteiger partial charge in [-0.1, -0.05) is 18.2 Å². The maximum absolute atomic E-state index is 11.1. The second-order valence-electron chi connectivity index (χ2n) is 4.52. The molecule has 16 heteroatoms. The van der Waals surface area contributed by atoms with Gasteiger partial charge in [0.1, 0.15) is 5.69 Å². The van der Waals surface area contributed by atoms with Crippen molar-refractivity contribution >= 4 is 37.8 Å². The summed E-state index contributed by atoms with van der Waals surface area (Å²) in [6, 6.07) is 8.94. The zero-order valence-corrected chi connectivity index (χ0v) is 19.2. The minimum Gasteiger partial charge on any atom is -0.776 e. The Balaban J connectivity index is -0.000000661. The van der Waals surface area contributed by atoms with E-state index in [0.717, 1.165) is 5.69 Å². The first-order valence-electron chi connectivity index (χ1n) is 6.28. The summed E-state index contributed by atoms with van der Waals surface area (Å²) < 4.78 is 22.2. The average molecular weight is 460 g/mol. The van der Waals surface area contributed by atoms with Crippen molar-refractivity contribution in [1.82, 2.24) is 0 Å². The molecule has 0 aliphatic rings. The SMILES string of the molecule is CSC(Nc1ccccc1)=[NH+]CCC(O)(P(=O)([O-])O)P(=O)([O-])O.O.O.O.[Na+].